The topological polar surface area (TPSA) is 15.3 Å². The Morgan fingerprint density at radius 2 is 2.06 bits per heavy atom. The van der Waals surface area contributed by atoms with Gasteiger partial charge in [-0.3, -0.25) is 4.90 Å². The molecule has 0 radical (unpaired) electrons. The number of unbranched alkanes of at least 4 members (excludes halogenated alkanes) is 2. The average Bonchev–Trinajstić information content (AvgIpc) is 2.52. The molecule has 0 aromatic heterocycles. The van der Waals surface area contributed by atoms with E-state index in [0.29, 0.717) is 5.54 Å². The number of hydrogen-bond donors (Lipinski definition) is 1. The van der Waals surface area contributed by atoms with Crippen LogP contribution in [0.2, 0.25) is 0 Å². The molecule has 2 atom stereocenters. The van der Waals surface area contributed by atoms with Crippen LogP contribution in [0.1, 0.15) is 66.2 Å². The van der Waals surface area contributed by atoms with Gasteiger partial charge in [-0.2, -0.15) is 0 Å². The maximum Gasteiger partial charge on any atom is 0.0277 e. The largest absolute Gasteiger partial charge is 0.310 e. The smallest absolute Gasteiger partial charge is 0.0277 e. The van der Waals surface area contributed by atoms with Crippen molar-refractivity contribution in [3.8, 4) is 0 Å². The van der Waals surface area contributed by atoms with Crippen molar-refractivity contribution < 1.29 is 0 Å². The third kappa shape index (κ3) is 4.97. The third-order valence-corrected chi connectivity index (χ3v) is 4.36. The molecule has 0 saturated carbocycles. The van der Waals surface area contributed by atoms with Crippen molar-refractivity contribution in [2.24, 2.45) is 0 Å². The quantitative estimate of drug-likeness (QED) is 0.716. The summed E-state index contributed by atoms with van der Waals surface area (Å²) in [6.07, 6.45) is 8.01. The van der Waals surface area contributed by atoms with Gasteiger partial charge >= 0.3 is 0 Å². The summed E-state index contributed by atoms with van der Waals surface area (Å²) in [4.78, 5) is 2.71. The molecule has 0 aromatic rings. The molecule has 0 amide bonds. The van der Waals surface area contributed by atoms with Gasteiger partial charge < -0.3 is 5.32 Å². The van der Waals surface area contributed by atoms with Crippen LogP contribution in [0.5, 0.6) is 0 Å². The Balaban J connectivity index is 2.44. The van der Waals surface area contributed by atoms with Crippen LogP contribution >= 0.6 is 0 Å². The van der Waals surface area contributed by atoms with E-state index in [9.17, 15) is 0 Å². The lowest BCUT2D eigenvalue weighted by molar-refractivity contribution is 0.160. The van der Waals surface area contributed by atoms with E-state index in [1.807, 2.05) is 0 Å². The Bertz CT molecular complexity index is 205. The zero-order chi connectivity index (χ0) is 12.7. The minimum atomic E-state index is 0.329. The molecule has 1 rings (SSSR count). The molecule has 2 nitrogen and oxygen atoms in total. The van der Waals surface area contributed by atoms with Gasteiger partial charge in [0.05, 0.1) is 0 Å². The van der Waals surface area contributed by atoms with Gasteiger partial charge in [0.15, 0.2) is 0 Å². The van der Waals surface area contributed by atoms with Crippen LogP contribution in [0.15, 0.2) is 0 Å². The molecule has 1 aliphatic rings. The van der Waals surface area contributed by atoms with Gasteiger partial charge in [-0.15, -0.1) is 0 Å². The number of rotatable bonds is 6. The van der Waals surface area contributed by atoms with E-state index >= 15 is 0 Å². The van der Waals surface area contributed by atoms with Crippen LogP contribution in [0, 0.1) is 0 Å². The van der Waals surface area contributed by atoms with Crippen molar-refractivity contribution in [3.63, 3.8) is 0 Å². The van der Waals surface area contributed by atoms with Crippen molar-refractivity contribution in [1.82, 2.24) is 10.2 Å². The van der Waals surface area contributed by atoms with Crippen molar-refractivity contribution in [3.05, 3.63) is 0 Å². The number of hydrogen-bond acceptors (Lipinski definition) is 2. The SMILES string of the molecule is CCCCCC(C)N1CCCNC(C)(CC)C1. The molecule has 1 saturated heterocycles. The Morgan fingerprint density at radius 1 is 1.29 bits per heavy atom. The molecule has 0 bridgehead atoms. The van der Waals surface area contributed by atoms with E-state index in [2.05, 4.69) is 37.9 Å². The second-order valence-corrected chi connectivity index (χ2v) is 6.01. The fourth-order valence-electron chi connectivity index (χ4n) is 2.74. The lowest BCUT2D eigenvalue weighted by atomic mass is 9.97. The molecule has 17 heavy (non-hydrogen) atoms. The summed E-state index contributed by atoms with van der Waals surface area (Å²) in [5.41, 5.74) is 0.329. The van der Waals surface area contributed by atoms with Crippen molar-refractivity contribution in [2.45, 2.75) is 77.8 Å². The Morgan fingerprint density at radius 3 is 2.71 bits per heavy atom. The van der Waals surface area contributed by atoms with Crippen LogP contribution in [0.25, 0.3) is 0 Å². The third-order valence-electron chi connectivity index (χ3n) is 4.36. The Hall–Kier alpha value is -0.0800. The number of nitrogens with zero attached hydrogens (tertiary/aromatic N) is 1. The van der Waals surface area contributed by atoms with E-state index in [4.69, 9.17) is 0 Å². The second-order valence-electron chi connectivity index (χ2n) is 6.01. The lowest BCUT2D eigenvalue weighted by Gasteiger charge is -2.36. The molecule has 2 unspecified atom stereocenters. The predicted octanol–water partition coefficient (Wildman–Crippen LogP) is 3.42. The summed E-state index contributed by atoms with van der Waals surface area (Å²) in [6.45, 7) is 13.1. The highest BCUT2D eigenvalue weighted by molar-refractivity contribution is 4.89. The first-order valence-corrected chi connectivity index (χ1v) is 7.60. The highest BCUT2D eigenvalue weighted by atomic mass is 15.2. The molecule has 0 aliphatic carbocycles. The van der Waals surface area contributed by atoms with Gasteiger partial charge in [-0.25, -0.2) is 0 Å². The van der Waals surface area contributed by atoms with Gasteiger partial charge in [0.2, 0.25) is 0 Å². The molecule has 1 fully saturated rings. The standard InChI is InChI=1S/C15H32N2/c1-5-7-8-10-14(3)17-12-9-11-16-15(4,6-2)13-17/h14,16H,5-13H2,1-4H3. The molecular formula is C15H32N2. The summed E-state index contributed by atoms with van der Waals surface area (Å²) in [7, 11) is 0. The van der Waals surface area contributed by atoms with Crippen molar-refractivity contribution in [1.29, 1.82) is 0 Å². The molecule has 0 aromatic carbocycles. The second kappa shape index (κ2) is 7.38. The summed E-state index contributed by atoms with van der Waals surface area (Å²) in [5, 5.41) is 3.72. The van der Waals surface area contributed by atoms with Gasteiger partial charge in [0.1, 0.15) is 0 Å². The molecule has 2 heteroatoms. The van der Waals surface area contributed by atoms with Crippen LogP contribution < -0.4 is 5.32 Å². The molecule has 1 N–H and O–H groups in total. The molecule has 1 heterocycles. The summed E-state index contributed by atoms with van der Waals surface area (Å²) < 4.78 is 0. The molecule has 1 aliphatic heterocycles. The molecular weight excluding hydrogens is 208 g/mol. The minimum absolute atomic E-state index is 0.329. The predicted molar refractivity (Wildman–Crippen MR) is 76.5 cm³/mol. The fourth-order valence-corrected chi connectivity index (χ4v) is 2.74. The Kier molecular flexibility index (Phi) is 6.50. The first-order valence-electron chi connectivity index (χ1n) is 7.60. The van der Waals surface area contributed by atoms with Crippen LogP contribution in [-0.2, 0) is 0 Å². The first-order chi connectivity index (χ1) is 8.11. The monoisotopic (exact) mass is 240 g/mol. The maximum atomic E-state index is 3.72. The van der Waals surface area contributed by atoms with Crippen LogP contribution in [0.4, 0.5) is 0 Å². The van der Waals surface area contributed by atoms with Crippen molar-refractivity contribution >= 4 is 0 Å². The normalized spacial score (nSPS) is 28.9. The zero-order valence-electron chi connectivity index (χ0n) is 12.4. The first kappa shape index (κ1) is 15.0. The zero-order valence-corrected chi connectivity index (χ0v) is 12.4. The minimum Gasteiger partial charge on any atom is -0.310 e. The maximum absolute atomic E-state index is 3.72. The molecule has 0 spiro atoms. The number of nitrogens with one attached hydrogen (secondary N) is 1. The average molecular weight is 240 g/mol. The van der Waals surface area contributed by atoms with Crippen LogP contribution in [0.3, 0.4) is 0 Å². The molecule has 102 valence electrons. The van der Waals surface area contributed by atoms with E-state index in [0.717, 1.165) is 6.04 Å². The van der Waals surface area contributed by atoms with Gasteiger partial charge in [0.25, 0.3) is 0 Å². The summed E-state index contributed by atoms with van der Waals surface area (Å²) in [6, 6.07) is 0.757. The van der Waals surface area contributed by atoms with Gasteiger partial charge in [0, 0.05) is 18.1 Å². The van der Waals surface area contributed by atoms with Crippen molar-refractivity contribution in [2.75, 3.05) is 19.6 Å². The Labute approximate surface area is 108 Å². The fraction of sp³-hybridized carbons (Fsp3) is 1.00. The highest BCUT2D eigenvalue weighted by Crippen LogP contribution is 2.19. The lowest BCUT2D eigenvalue weighted by Crippen LogP contribution is -2.50. The summed E-state index contributed by atoms with van der Waals surface area (Å²) in [5.74, 6) is 0. The van der Waals surface area contributed by atoms with E-state index in [1.54, 1.807) is 0 Å². The summed E-state index contributed by atoms with van der Waals surface area (Å²) >= 11 is 0. The van der Waals surface area contributed by atoms with E-state index < -0.39 is 0 Å². The van der Waals surface area contributed by atoms with E-state index in [-0.39, 0.29) is 0 Å². The van der Waals surface area contributed by atoms with E-state index in [1.165, 1.54) is 58.2 Å². The van der Waals surface area contributed by atoms with Crippen LogP contribution in [-0.4, -0.2) is 36.1 Å². The van der Waals surface area contributed by atoms with Gasteiger partial charge in [-0.05, 0) is 46.2 Å². The highest BCUT2D eigenvalue weighted by Gasteiger charge is 2.28. The van der Waals surface area contributed by atoms with Gasteiger partial charge in [-0.1, -0.05) is 33.1 Å².